The van der Waals surface area contributed by atoms with E-state index < -0.39 is 0 Å². The Morgan fingerprint density at radius 2 is 1.93 bits per heavy atom. The Bertz CT molecular complexity index is 806. The molecule has 0 spiro atoms. The van der Waals surface area contributed by atoms with Crippen molar-refractivity contribution in [1.82, 2.24) is 20.0 Å². The minimum Gasteiger partial charge on any atom is -0.324 e. The van der Waals surface area contributed by atoms with Gasteiger partial charge >= 0.3 is 6.03 Å². The van der Waals surface area contributed by atoms with Crippen LogP contribution in [0.1, 0.15) is 31.2 Å². The predicted octanol–water partition coefficient (Wildman–Crippen LogP) is 4.13. The van der Waals surface area contributed by atoms with Gasteiger partial charge in [0.25, 0.3) is 0 Å². The van der Waals surface area contributed by atoms with E-state index in [1.807, 2.05) is 36.1 Å². The first kappa shape index (κ1) is 18.3. The summed E-state index contributed by atoms with van der Waals surface area (Å²) in [4.78, 5) is 17.1. The number of hydrogen-bond acceptors (Lipinski definition) is 3. The van der Waals surface area contributed by atoms with Crippen LogP contribution in [0.5, 0.6) is 0 Å². The highest BCUT2D eigenvalue weighted by molar-refractivity contribution is 6.30. The Labute approximate surface area is 164 Å². The number of carbonyl (C=O) groups is 1. The van der Waals surface area contributed by atoms with Crippen LogP contribution in [0.4, 0.5) is 10.6 Å². The molecule has 2 saturated heterocycles. The Morgan fingerprint density at radius 1 is 1.19 bits per heavy atom. The summed E-state index contributed by atoms with van der Waals surface area (Å²) in [5, 5.41) is 10.9. The van der Waals surface area contributed by atoms with Crippen LogP contribution < -0.4 is 5.32 Å². The minimum absolute atomic E-state index is 0.0687. The van der Waals surface area contributed by atoms with Gasteiger partial charge in [0.2, 0.25) is 0 Å². The topological polar surface area (TPSA) is 64.3 Å². The highest BCUT2D eigenvalue weighted by Crippen LogP contribution is 2.26. The number of hydrogen-bond donors (Lipinski definition) is 2. The van der Waals surface area contributed by atoms with E-state index in [1.54, 1.807) is 0 Å². The lowest BCUT2D eigenvalue weighted by Crippen LogP contribution is -2.47. The largest absolute Gasteiger partial charge is 0.324 e. The van der Waals surface area contributed by atoms with Crippen LogP contribution in [-0.2, 0) is 0 Å². The Kier molecular flexibility index (Phi) is 5.36. The molecule has 7 heteroatoms. The van der Waals surface area contributed by atoms with E-state index in [4.69, 9.17) is 11.6 Å². The van der Waals surface area contributed by atoms with Crippen molar-refractivity contribution < 1.29 is 4.79 Å². The average Bonchev–Trinajstić information content (AvgIpc) is 3.34. The summed E-state index contributed by atoms with van der Waals surface area (Å²) in [5.74, 6) is 0.547. The fourth-order valence-electron chi connectivity index (χ4n) is 4.18. The van der Waals surface area contributed by atoms with Crippen molar-refractivity contribution in [3.05, 3.63) is 34.9 Å². The maximum atomic E-state index is 12.6. The quantitative estimate of drug-likeness (QED) is 0.832. The number of rotatable bonds is 3. The fraction of sp³-hybridized carbons (Fsp3) is 0.500. The van der Waals surface area contributed by atoms with Gasteiger partial charge in [-0.3, -0.25) is 10.4 Å². The highest BCUT2D eigenvalue weighted by atomic mass is 35.5. The van der Waals surface area contributed by atoms with Crippen molar-refractivity contribution in [3.63, 3.8) is 0 Å². The molecule has 2 aliphatic rings. The standard InChI is InChI=1S/C20H26ClN5O/c1-14-12-15(21)4-5-17(14)18-13-19(24-23-18)22-20(27)26-10-6-16(7-11-26)25-8-2-3-9-25/h4-5,12-13,16H,2-3,6-11H2,1H3,(H2,22,23,24,27). The molecule has 1 aromatic heterocycles. The molecule has 0 unspecified atom stereocenters. The second-order valence-corrected chi connectivity index (χ2v) is 7.95. The highest BCUT2D eigenvalue weighted by Gasteiger charge is 2.28. The number of halogens is 1. The number of nitrogens with zero attached hydrogens (tertiary/aromatic N) is 3. The molecule has 2 amide bonds. The summed E-state index contributed by atoms with van der Waals surface area (Å²) in [7, 11) is 0. The molecule has 0 radical (unpaired) electrons. The van der Waals surface area contributed by atoms with E-state index in [-0.39, 0.29) is 6.03 Å². The number of anilines is 1. The fourth-order valence-corrected chi connectivity index (χ4v) is 4.41. The summed E-state index contributed by atoms with van der Waals surface area (Å²) in [5.41, 5.74) is 2.96. The van der Waals surface area contributed by atoms with E-state index in [0.29, 0.717) is 16.9 Å². The first-order valence-corrected chi connectivity index (χ1v) is 10.1. The molecule has 0 aliphatic carbocycles. The average molecular weight is 388 g/mol. The molecule has 1 aromatic carbocycles. The van der Waals surface area contributed by atoms with E-state index in [9.17, 15) is 4.79 Å². The summed E-state index contributed by atoms with van der Waals surface area (Å²) >= 11 is 6.02. The Morgan fingerprint density at radius 3 is 2.63 bits per heavy atom. The molecule has 2 N–H and O–H groups in total. The number of H-pyrrole nitrogens is 1. The van der Waals surface area contributed by atoms with E-state index in [0.717, 1.165) is 42.8 Å². The van der Waals surface area contributed by atoms with Crippen molar-refractivity contribution in [3.8, 4) is 11.3 Å². The lowest BCUT2D eigenvalue weighted by molar-refractivity contribution is 0.140. The first-order chi connectivity index (χ1) is 13.1. The van der Waals surface area contributed by atoms with Gasteiger partial charge in [0.05, 0.1) is 5.69 Å². The van der Waals surface area contributed by atoms with Crippen LogP contribution in [0, 0.1) is 6.92 Å². The van der Waals surface area contributed by atoms with Gasteiger partial charge in [-0.1, -0.05) is 17.7 Å². The van der Waals surface area contributed by atoms with Gasteiger partial charge in [0.1, 0.15) is 0 Å². The minimum atomic E-state index is -0.0687. The Balaban J connectivity index is 1.34. The number of aryl methyl sites for hydroxylation is 1. The predicted molar refractivity (Wildman–Crippen MR) is 108 cm³/mol. The van der Waals surface area contributed by atoms with E-state index in [1.165, 1.54) is 25.9 Å². The van der Waals surface area contributed by atoms with Crippen LogP contribution in [0.2, 0.25) is 5.02 Å². The number of carbonyl (C=O) groups excluding carboxylic acids is 1. The molecule has 0 bridgehead atoms. The van der Waals surface area contributed by atoms with Gasteiger partial charge in [-0.2, -0.15) is 5.10 Å². The molecular weight excluding hydrogens is 362 g/mol. The van der Waals surface area contributed by atoms with Crippen LogP contribution >= 0.6 is 11.6 Å². The van der Waals surface area contributed by atoms with Crippen LogP contribution in [0.15, 0.2) is 24.3 Å². The lowest BCUT2D eigenvalue weighted by atomic mass is 10.0. The van der Waals surface area contributed by atoms with Gasteiger partial charge in [-0.15, -0.1) is 0 Å². The second-order valence-electron chi connectivity index (χ2n) is 7.52. The maximum Gasteiger partial charge on any atom is 0.323 e. The zero-order chi connectivity index (χ0) is 18.8. The number of aromatic nitrogens is 2. The molecule has 2 fully saturated rings. The normalized spacial score (nSPS) is 18.8. The SMILES string of the molecule is Cc1cc(Cl)ccc1-c1cc(NC(=O)N2CCC(N3CCCC3)CC2)n[nH]1. The Hall–Kier alpha value is -2.05. The van der Waals surface area contributed by atoms with Gasteiger partial charge < -0.3 is 9.80 Å². The molecular formula is C20H26ClN5O. The third kappa shape index (κ3) is 4.12. The summed E-state index contributed by atoms with van der Waals surface area (Å²) < 4.78 is 0. The van der Waals surface area contributed by atoms with Crippen molar-refractivity contribution in [2.45, 2.75) is 38.6 Å². The summed E-state index contributed by atoms with van der Waals surface area (Å²) in [6, 6.07) is 8.17. The molecule has 0 atom stereocenters. The monoisotopic (exact) mass is 387 g/mol. The lowest BCUT2D eigenvalue weighted by Gasteiger charge is -2.36. The second kappa shape index (κ2) is 7.90. The summed E-state index contributed by atoms with van der Waals surface area (Å²) in [6.45, 7) is 6.06. The molecule has 2 aliphatic heterocycles. The summed E-state index contributed by atoms with van der Waals surface area (Å²) in [6.07, 6.45) is 4.75. The number of urea groups is 1. The van der Waals surface area contributed by atoms with Crippen molar-refractivity contribution >= 4 is 23.4 Å². The molecule has 2 aromatic rings. The van der Waals surface area contributed by atoms with Gasteiger partial charge in [0.15, 0.2) is 5.82 Å². The van der Waals surface area contributed by atoms with Crippen LogP contribution in [-0.4, -0.2) is 58.2 Å². The maximum absolute atomic E-state index is 12.6. The zero-order valence-corrected chi connectivity index (χ0v) is 16.4. The molecule has 4 rings (SSSR count). The van der Waals surface area contributed by atoms with Gasteiger partial charge in [-0.05, 0) is 63.4 Å². The first-order valence-electron chi connectivity index (χ1n) is 9.72. The third-order valence-electron chi connectivity index (χ3n) is 5.70. The van der Waals surface area contributed by atoms with Crippen LogP contribution in [0.3, 0.4) is 0 Å². The number of amides is 2. The zero-order valence-electron chi connectivity index (χ0n) is 15.7. The molecule has 0 saturated carbocycles. The molecule has 27 heavy (non-hydrogen) atoms. The number of likely N-dealkylation sites (tertiary alicyclic amines) is 2. The van der Waals surface area contributed by atoms with Crippen molar-refractivity contribution in [2.75, 3.05) is 31.5 Å². The van der Waals surface area contributed by atoms with Crippen LogP contribution in [0.25, 0.3) is 11.3 Å². The number of piperidine rings is 1. The van der Waals surface area contributed by atoms with Gasteiger partial charge in [0, 0.05) is 35.8 Å². The van der Waals surface area contributed by atoms with E-state index in [2.05, 4.69) is 20.4 Å². The van der Waals surface area contributed by atoms with Crippen molar-refractivity contribution in [2.24, 2.45) is 0 Å². The molecule has 144 valence electrons. The third-order valence-corrected chi connectivity index (χ3v) is 5.94. The van der Waals surface area contributed by atoms with Crippen molar-refractivity contribution in [1.29, 1.82) is 0 Å². The van der Waals surface area contributed by atoms with E-state index >= 15 is 0 Å². The smallest absolute Gasteiger partial charge is 0.323 e. The number of aromatic amines is 1. The molecule has 3 heterocycles. The molecule has 6 nitrogen and oxygen atoms in total. The number of benzene rings is 1. The van der Waals surface area contributed by atoms with Gasteiger partial charge in [-0.25, -0.2) is 4.79 Å². The number of nitrogens with one attached hydrogen (secondary N) is 2.